The zero-order valence-corrected chi connectivity index (χ0v) is 16.5. The maximum Gasteiger partial charge on any atom is 0.263 e. The van der Waals surface area contributed by atoms with Crippen LogP contribution < -0.4 is 21.1 Å². The summed E-state index contributed by atoms with van der Waals surface area (Å²) in [5.41, 5.74) is 2.13. The molecule has 0 saturated carbocycles. The van der Waals surface area contributed by atoms with Crippen molar-refractivity contribution >= 4 is 28.8 Å². The quantitative estimate of drug-likeness (QED) is 0.668. The predicted octanol–water partition coefficient (Wildman–Crippen LogP) is 2.01. The van der Waals surface area contributed by atoms with Crippen molar-refractivity contribution < 1.29 is 9.53 Å². The number of nitrogens with zero attached hydrogens (tertiary/aromatic N) is 4. The van der Waals surface area contributed by atoms with Crippen LogP contribution in [0.15, 0.2) is 59.7 Å². The van der Waals surface area contributed by atoms with Crippen LogP contribution in [0.2, 0.25) is 0 Å². The number of ether oxygens (including phenoxy) is 1. The number of anilines is 4. The number of amides is 1. The summed E-state index contributed by atoms with van der Waals surface area (Å²) in [6.45, 7) is 3.05. The van der Waals surface area contributed by atoms with Gasteiger partial charge in [-0.15, -0.1) is 5.10 Å². The van der Waals surface area contributed by atoms with Crippen molar-refractivity contribution in [2.75, 3.05) is 41.8 Å². The van der Waals surface area contributed by atoms with Gasteiger partial charge in [-0.2, -0.15) is 5.10 Å². The number of hydrogen-bond acceptors (Lipinski definition) is 7. The Balaban J connectivity index is 1.42. The molecule has 1 aromatic carbocycles. The minimum Gasteiger partial charge on any atom is -0.378 e. The molecule has 2 aromatic heterocycles. The van der Waals surface area contributed by atoms with E-state index in [2.05, 4.69) is 25.7 Å². The van der Waals surface area contributed by atoms with Crippen molar-refractivity contribution in [2.45, 2.75) is 0 Å². The third-order valence-corrected chi connectivity index (χ3v) is 4.80. The first-order chi connectivity index (χ1) is 14.6. The molecule has 0 atom stereocenters. The van der Waals surface area contributed by atoms with Crippen LogP contribution in [0.5, 0.6) is 0 Å². The molecule has 9 nitrogen and oxygen atoms in total. The van der Waals surface area contributed by atoms with Gasteiger partial charge in [0.15, 0.2) is 5.82 Å². The second-order valence-electron chi connectivity index (χ2n) is 6.89. The van der Waals surface area contributed by atoms with Crippen molar-refractivity contribution in [3.63, 3.8) is 0 Å². The molecule has 9 heteroatoms. The zero-order chi connectivity index (χ0) is 20.9. The minimum absolute atomic E-state index is 0.0948. The van der Waals surface area contributed by atoms with E-state index in [0.717, 1.165) is 24.5 Å². The van der Waals surface area contributed by atoms with Gasteiger partial charge in [0.25, 0.3) is 11.5 Å². The van der Waals surface area contributed by atoms with E-state index in [4.69, 9.17) is 4.74 Å². The van der Waals surface area contributed by atoms with E-state index in [-0.39, 0.29) is 11.1 Å². The SMILES string of the molecule is Cn1cccc(C(=O)Nc2ccc(Nc3cc(N4CCOCC4)cnn3)cc2)c1=O. The van der Waals surface area contributed by atoms with Crippen LogP contribution >= 0.6 is 0 Å². The highest BCUT2D eigenvalue weighted by Gasteiger charge is 2.13. The summed E-state index contributed by atoms with van der Waals surface area (Å²) in [7, 11) is 1.61. The summed E-state index contributed by atoms with van der Waals surface area (Å²) in [6, 6.07) is 12.3. The standard InChI is InChI=1S/C21H22N6O3/c1-26-8-2-3-18(21(26)29)20(28)24-16-6-4-15(5-7-16)23-19-13-17(14-22-25-19)27-9-11-30-12-10-27/h2-8,13-14H,9-12H2,1H3,(H,23,25)(H,24,28). The van der Waals surface area contributed by atoms with Gasteiger partial charge in [-0.1, -0.05) is 0 Å². The number of benzene rings is 1. The topological polar surface area (TPSA) is 101 Å². The van der Waals surface area contributed by atoms with Crippen LogP contribution in [-0.2, 0) is 11.8 Å². The third-order valence-electron chi connectivity index (χ3n) is 4.80. The van der Waals surface area contributed by atoms with Crippen molar-refractivity contribution in [1.29, 1.82) is 0 Å². The molecule has 0 aliphatic carbocycles. The highest BCUT2D eigenvalue weighted by molar-refractivity contribution is 6.04. The lowest BCUT2D eigenvalue weighted by Crippen LogP contribution is -2.36. The molecule has 154 valence electrons. The maximum absolute atomic E-state index is 12.4. The van der Waals surface area contributed by atoms with Gasteiger partial charge < -0.3 is 24.8 Å². The van der Waals surface area contributed by atoms with E-state index >= 15 is 0 Å². The Labute approximate surface area is 173 Å². The van der Waals surface area contributed by atoms with Crippen molar-refractivity contribution in [1.82, 2.24) is 14.8 Å². The fraction of sp³-hybridized carbons (Fsp3) is 0.238. The van der Waals surface area contributed by atoms with Crippen LogP contribution in [0.25, 0.3) is 0 Å². The molecule has 0 bridgehead atoms. The van der Waals surface area contributed by atoms with E-state index in [1.807, 2.05) is 18.2 Å². The molecule has 1 saturated heterocycles. The molecule has 4 rings (SSSR count). The normalized spacial score (nSPS) is 13.7. The fourth-order valence-corrected chi connectivity index (χ4v) is 3.17. The second kappa shape index (κ2) is 8.75. The largest absolute Gasteiger partial charge is 0.378 e. The summed E-state index contributed by atoms with van der Waals surface area (Å²) in [5, 5.41) is 14.2. The zero-order valence-electron chi connectivity index (χ0n) is 16.5. The van der Waals surface area contributed by atoms with Gasteiger partial charge in [-0.05, 0) is 36.4 Å². The van der Waals surface area contributed by atoms with E-state index in [9.17, 15) is 9.59 Å². The summed E-state index contributed by atoms with van der Waals surface area (Å²) in [4.78, 5) is 26.7. The molecule has 0 unspecified atom stereocenters. The highest BCUT2D eigenvalue weighted by Crippen LogP contribution is 2.21. The molecule has 1 fully saturated rings. The Morgan fingerprint density at radius 3 is 2.60 bits per heavy atom. The van der Waals surface area contributed by atoms with Crippen LogP contribution in [-0.4, -0.2) is 47.0 Å². The van der Waals surface area contributed by atoms with Gasteiger partial charge in [-0.25, -0.2) is 0 Å². The van der Waals surface area contributed by atoms with E-state index in [0.29, 0.717) is 24.7 Å². The number of aryl methyl sites for hydroxylation is 1. The first kappa shape index (κ1) is 19.6. The Bertz CT molecular complexity index is 1090. The first-order valence-corrected chi connectivity index (χ1v) is 9.60. The number of nitrogens with one attached hydrogen (secondary N) is 2. The molecule has 1 aliphatic rings. The van der Waals surface area contributed by atoms with E-state index in [1.165, 1.54) is 10.6 Å². The summed E-state index contributed by atoms with van der Waals surface area (Å²) < 4.78 is 6.75. The lowest BCUT2D eigenvalue weighted by atomic mass is 10.2. The smallest absolute Gasteiger partial charge is 0.263 e. The molecule has 3 heterocycles. The summed E-state index contributed by atoms with van der Waals surface area (Å²) in [5.74, 6) is 0.185. The molecule has 1 aliphatic heterocycles. The minimum atomic E-state index is -0.444. The van der Waals surface area contributed by atoms with Gasteiger partial charge >= 0.3 is 0 Å². The Morgan fingerprint density at radius 2 is 1.83 bits per heavy atom. The van der Waals surface area contributed by atoms with Crippen LogP contribution in [0.3, 0.4) is 0 Å². The second-order valence-corrected chi connectivity index (χ2v) is 6.89. The van der Waals surface area contributed by atoms with Gasteiger partial charge in [0.05, 0.1) is 25.1 Å². The van der Waals surface area contributed by atoms with E-state index < -0.39 is 5.91 Å². The molecular formula is C21H22N6O3. The monoisotopic (exact) mass is 406 g/mol. The third kappa shape index (κ3) is 4.47. The first-order valence-electron chi connectivity index (χ1n) is 9.60. The Morgan fingerprint density at radius 1 is 1.10 bits per heavy atom. The number of rotatable bonds is 5. The molecule has 1 amide bonds. The predicted molar refractivity (Wildman–Crippen MR) is 114 cm³/mol. The molecule has 2 N–H and O–H groups in total. The molecule has 0 radical (unpaired) electrons. The van der Waals surface area contributed by atoms with Gasteiger partial charge in [0, 0.05) is 43.8 Å². The molecule has 3 aromatic rings. The highest BCUT2D eigenvalue weighted by atomic mass is 16.5. The molecule has 30 heavy (non-hydrogen) atoms. The summed E-state index contributed by atoms with van der Waals surface area (Å²) >= 11 is 0. The Hall–Kier alpha value is -3.72. The number of aromatic nitrogens is 3. The van der Waals surface area contributed by atoms with Crippen molar-refractivity contribution in [3.05, 3.63) is 70.8 Å². The average Bonchev–Trinajstić information content (AvgIpc) is 2.78. The van der Waals surface area contributed by atoms with Gasteiger partial charge in [-0.3, -0.25) is 9.59 Å². The number of carbonyl (C=O) groups is 1. The number of hydrogen-bond donors (Lipinski definition) is 2. The van der Waals surface area contributed by atoms with Crippen LogP contribution in [0.1, 0.15) is 10.4 Å². The van der Waals surface area contributed by atoms with Gasteiger partial charge in [0.1, 0.15) is 5.56 Å². The van der Waals surface area contributed by atoms with E-state index in [1.54, 1.807) is 37.6 Å². The van der Waals surface area contributed by atoms with Crippen LogP contribution in [0, 0.1) is 0 Å². The summed E-state index contributed by atoms with van der Waals surface area (Å²) in [6.07, 6.45) is 3.35. The molecule has 0 spiro atoms. The van der Waals surface area contributed by atoms with Crippen LogP contribution in [0.4, 0.5) is 22.9 Å². The number of carbonyl (C=O) groups excluding carboxylic acids is 1. The number of pyridine rings is 1. The molecular weight excluding hydrogens is 384 g/mol. The average molecular weight is 406 g/mol. The fourth-order valence-electron chi connectivity index (χ4n) is 3.17. The lowest BCUT2D eigenvalue weighted by molar-refractivity contribution is 0.102. The van der Waals surface area contributed by atoms with Crippen molar-refractivity contribution in [2.24, 2.45) is 7.05 Å². The lowest BCUT2D eigenvalue weighted by Gasteiger charge is -2.28. The Kier molecular flexibility index (Phi) is 5.71. The number of morpholine rings is 1. The maximum atomic E-state index is 12.4. The van der Waals surface area contributed by atoms with Gasteiger partial charge in [0.2, 0.25) is 0 Å². The van der Waals surface area contributed by atoms with Crippen molar-refractivity contribution in [3.8, 4) is 0 Å².